The second-order valence-corrected chi connectivity index (χ2v) is 5.43. The molecule has 0 aliphatic carbocycles. The lowest BCUT2D eigenvalue weighted by atomic mass is 10.2. The van der Waals surface area contributed by atoms with E-state index in [1.54, 1.807) is 0 Å². The molecule has 0 atom stereocenters. The van der Waals surface area contributed by atoms with Crippen LogP contribution in [-0.4, -0.2) is 10.9 Å². The minimum atomic E-state index is 0.715. The van der Waals surface area contributed by atoms with Crippen molar-refractivity contribution in [3.05, 3.63) is 70.3 Å². The van der Waals surface area contributed by atoms with Crippen LogP contribution in [-0.2, 0) is 6.54 Å². The number of benzene rings is 2. The van der Waals surface area contributed by atoms with Gasteiger partial charge in [-0.1, -0.05) is 28.1 Å². The highest BCUT2D eigenvalue weighted by Crippen LogP contribution is 2.19. The largest absolute Gasteiger partial charge is 0.343 e. The Morgan fingerprint density at radius 3 is 2.79 bits per heavy atom. The van der Waals surface area contributed by atoms with Gasteiger partial charge in [0.15, 0.2) is 0 Å². The monoisotopic (exact) mass is 313 g/mol. The molecule has 0 saturated heterocycles. The zero-order valence-corrected chi connectivity index (χ0v) is 11.8. The molecule has 2 aromatic carbocycles. The molecule has 0 bridgehead atoms. The number of aromatic nitrogens is 1. The van der Waals surface area contributed by atoms with Crippen molar-refractivity contribution >= 4 is 33.1 Å². The quantitative estimate of drug-likeness (QED) is 0.662. The number of carbonyl (C=O) groups excluding carboxylic acids is 1. The number of rotatable bonds is 3. The number of fused-ring (bicyclic) bond motifs is 1. The SMILES string of the molecule is O=Cc1ccc2c(ccn2Cc2cccc(Br)c2)c1. The van der Waals surface area contributed by atoms with E-state index in [4.69, 9.17) is 0 Å². The predicted octanol–water partition coefficient (Wildman–Crippen LogP) is 4.26. The first kappa shape index (κ1) is 12.2. The normalized spacial score (nSPS) is 10.8. The molecule has 3 aromatic rings. The summed E-state index contributed by atoms with van der Waals surface area (Å²) in [6, 6.07) is 16.1. The molecule has 1 heterocycles. The van der Waals surface area contributed by atoms with E-state index in [0.29, 0.717) is 5.56 Å². The first-order valence-electron chi connectivity index (χ1n) is 6.05. The third kappa shape index (κ3) is 2.47. The summed E-state index contributed by atoms with van der Waals surface area (Å²) in [4.78, 5) is 10.8. The van der Waals surface area contributed by atoms with E-state index < -0.39 is 0 Å². The molecule has 0 fully saturated rings. The van der Waals surface area contributed by atoms with Crippen LogP contribution in [0.5, 0.6) is 0 Å². The Morgan fingerprint density at radius 1 is 1.11 bits per heavy atom. The smallest absolute Gasteiger partial charge is 0.150 e. The van der Waals surface area contributed by atoms with E-state index >= 15 is 0 Å². The summed E-state index contributed by atoms with van der Waals surface area (Å²) >= 11 is 3.49. The lowest BCUT2D eigenvalue weighted by molar-refractivity contribution is 0.112. The van der Waals surface area contributed by atoms with Gasteiger partial charge in [-0.15, -0.1) is 0 Å². The molecule has 2 nitrogen and oxygen atoms in total. The summed E-state index contributed by atoms with van der Waals surface area (Å²) in [5.41, 5.74) is 3.10. The summed E-state index contributed by atoms with van der Waals surface area (Å²) in [6.45, 7) is 0.823. The van der Waals surface area contributed by atoms with E-state index in [-0.39, 0.29) is 0 Å². The standard InChI is InChI=1S/C16H12BrNO/c17-15-3-1-2-12(9-15)10-18-7-6-14-8-13(11-19)4-5-16(14)18/h1-9,11H,10H2. The van der Waals surface area contributed by atoms with Crippen molar-refractivity contribution in [1.29, 1.82) is 0 Å². The van der Waals surface area contributed by atoms with Gasteiger partial charge in [-0.2, -0.15) is 0 Å². The van der Waals surface area contributed by atoms with E-state index in [1.807, 2.05) is 36.4 Å². The fourth-order valence-electron chi connectivity index (χ4n) is 2.26. The second kappa shape index (κ2) is 5.02. The van der Waals surface area contributed by atoms with Gasteiger partial charge >= 0.3 is 0 Å². The van der Waals surface area contributed by atoms with Crippen LogP contribution in [0.2, 0.25) is 0 Å². The van der Waals surface area contributed by atoms with E-state index in [2.05, 4.69) is 38.8 Å². The average Bonchev–Trinajstić information content (AvgIpc) is 2.81. The Morgan fingerprint density at radius 2 is 2.00 bits per heavy atom. The van der Waals surface area contributed by atoms with Crippen LogP contribution in [0.1, 0.15) is 15.9 Å². The van der Waals surface area contributed by atoms with Crippen LogP contribution in [0.4, 0.5) is 0 Å². The van der Waals surface area contributed by atoms with Gasteiger partial charge in [0.2, 0.25) is 0 Å². The van der Waals surface area contributed by atoms with Crippen LogP contribution < -0.4 is 0 Å². The Labute approximate surface area is 119 Å². The van der Waals surface area contributed by atoms with E-state index in [9.17, 15) is 4.79 Å². The zero-order chi connectivity index (χ0) is 13.2. The van der Waals surface area contributed by atoms with E-state index in [1.165, 1.54) is 5.56 Å². The molecule has 0 amide bonds. The van der Waals surface area contributed by atoms with Crippen LogP contribution in [0, 0.1) is 0 Å². The molecule has 19 heavy (non-hydrogen) atoms. The highest BCUT2D eigenvalue weighted by molar-refractivity contribution is 9.10. The molecule has 0 N–H and O–H groups in total. The number of carbonyl (C=O) groups is 1. The van der Waals surface area contributed by atoms with Crippen molar-refractivity contribution in [2.75, 3.05) is 0 Å². The molecule has 0 aliphatic heterocycles. The summed E-state index contributed by atoms with van der Waals surface area (Å²) in [5, 5.41) is 1.10. The lowest BCUT2D eigenvalue weighted by Crippen LogP contribution is -1.97. The van der Waals surface area contributed by atoms with Crippen molar-refractivity contribution in [1.82, 2.24) is 4.57 Å². The molecule has 94 valence electrons. The zero-order valence-electron chi connectivity index (χ0n) is 10.2. The molecule has 0 aliphatic rings. The Bertz CT molecular complexity index is 745. The number of halogens is 1. The van der Waals surface area contributed by atoms with E-state index in [0.717, 1.165) is 28.2 Å². The van der Waals surface area contributed by atoms with Crippen molar-refractivity contribution < 1.29 is 4.79 Å². The maximum absolute atomic E-state index is 10.8. The highest BCUT2D eigenvalue weighted by atomic mass is 79.9. The summed E-state index contributed by atoms with van der Waals surface area (Å²) in [6.07, 6.45) is 2.94. The van der Waals surface area contributed by atoms with Gasteiger partial charge in [-0.05, 0) is 42.0 Å². The van der Waals surface area contributed by atoms with Crippen LogP contribution in [0.25, 0.3) is 10.9 Å². The minimum absolute atomic E-state index is 0.715. The molecule has 0 unspecified atom stereocenters. The molecule has 0 spiro atoms. The van der Waals surface area contributed by atoms with Crippen molar-refractivity contribution in [2.45, 2.75) is 6.54 Å². The van der Waals surface area contributed by atoms with Crippen molar-refractivity contribution in [2.24, 2.45) is 0 Å². The summed E-state index contributed by atoms with van der Waals surface area (Å²) in [5.74, 6) is 0. The van der Waals surface area contributed by atoms with Gasteiger partial charge in [0.05, 0.1) is 0 Å². The molecular weight excluding hydrogens is 302 g/mol. The van der Waals surface area contributed by atoms with Crippen LogP contribution in [0.3, 0.4) is 0 Å². The molecule has 3 heteroatoms. The fourth-order valence-corrected chi connectivity index (χ4v) is 2.71. The first-order chi connectivity index (χ1) is 9.26. The second-order valence-electron chi connectivity index (χ2n) is 4.51. The van der Waals surface area contributed by atoms with Crippen molar-refractivity contribution in [3.8, 4) is 0 Å². The maximum atomic E-state index is 10.8. The topological polar surface area (TPSA) is 22.0 Å². The van der Waals surface area contributed by atoms with Crippen LogP contribution in [0.15, 0.2) is 59.2 Å². The maximum Gasteiger partial charge on any atom is 0.150 e. The Hall–Kier alpha value is -1.87. The van der Waals surface area contributed by atoms with Gasteiger partial charge in [0.25, 0.3) is 0 Å². The lowest BCUT2D eigenvalue weighted by Gasteiger charge is -2.06. The summed E-state index contributed by atoms with van der Waals surface area (Å²) in [7, 11) is 0. The van der Waals surface area contributed by atoms with Gasteiger partial charge < -0.3 is 4.57 Å². The van der Waals surface area contributed by atoms with Crippen LogP contribution >= 0.6 is 15.9 Å². The van der Waals surface area contributed by atoms with Gasteiger partial charge in [0.1, 0.15) is 6.29 Å². The average molecular weight is 314 g/mol. The minimum Gasteiger partial charge on any atom is -0.343 e. The summed E-state index contributed by atoms with van der Waals surface area (Å²) < 4.78 is 3.27. The van der Waals surface area contributed by atoms with Gasteiger partial charge in [-0.3, -0.25) is 4.79 Å². The Balaban J connectivity index is 1.99. The molecule has 1 aromatic heterocycles. The number of hydrogen-bond donors (Lipinski definition) is 0. The third-order valence-electron chi connectivity index (χ3n) is 3.17. The fraction of sp³-hybridized carbons (Fsp3) is 0.0625. The number of hydrogen-bond acceptors (Lipinski definition) is 1. The predicted molar refractivity (Wildman–Crippen MR) is 80.6 cm³/mol. The number of nitrogens with zero attached hydrogens (tertiary/aromatic N) is 1. The van der Waals surface area contributed by atoms with Crippen molar-refractivity contribution in [3.63, 3.8) is 0 Å². The van der Waals surface area contributed by atoms with Gasteiger partial charge in [0, 0.05) is 33.7 Å². The van der Waals surface area contributed by atoms with Gasteiger partial charge in [-0.25, -0.2) is 0 Å². The number of aldehydes is 1. The third-order valence-corrected chi connectivity index (χ3v) is 3.67. The molecule has 0 radical (unpaired) electrons. The highest BCUT2D eigenvalue weighted by Gasteiger charge is 2.03. The molecule has 0 saturated carbocycles. The first-order valence-corrected chi connectivity index (χ1v) is 6.84. The Kier molecular flexibility index (Phi) is 3.22. The molecular formula is C16H12BrNO. The molecule has 3 rings (SSSR count).